The van der Waals surface area contributed by atoms with Gasteiger partial charge in [0.05, 0.1) is 0 Å². The van der Waals surface area contributed by atoms with E-state index in [1.807, 2.05) is 6.07 Å². The summed E-state index contributed by atoms with van der Waals surface area (Å²) in [6, 6.07) is 41.2. The van der Waals surface area contributed by atoms with E-state index in [9.17, 15) is 0 Å². The molecule has 0 N–H and O–H groups in total. The van der Waals surface area contributed by atoms with Crippen molar-refractivity contribution < 1.29 is 4.42 Å². The van der Waals surface area contributed by atoms with Gasteiger partial charge < -0.3 is 4.42 Å². The predicted molar refractivity (Wildman–Crippen MR) is 132 cm³/mol. The fraction of sp³-hybridized carbons (Fsp3) is 0.0323. The highest BCUT2D eigenvalue weighted by Gasteiger charge is 2.31. The Balaban J connectivity index is 1.52. The lowest BCUT2D eigenvalue weighted by Gasteiger charge is -2.19. The number of para-hydroxylation sites is 2. The molecule has 1 heteroatoms. The van der Waals surface area contributed by atoms with E-state index in [0.29, 0.717) is 0 Å². The molecular formula is C31H20O. The van der Waals surface area contributed by atoms with E-state index < -0.39 is 0 Å². The van der Waals surface area contributed by atoms with E-state index >= 15 is 0 Å². The minimum Gasteiger partial charge on any atom is -0.455 e. The lowest BCUT2D eigenvalue weighted by Crippen LogP contribution is -2.01. The van der Waals surface area contributed by atoms with Gasteiger partial charge in [-0.1, -0.05) is 109 Å². The van der Waals surface area contributed by atoms with Crippen molar-refractivity contribution in [2.75, 3.05) is 0 Å². The molecule has 5 aromatic carbocycles. The molecule has 0 aliphatic heterocycles. The summed E-state index contributed by atoms with van der Waals surface area (Å²) in [6.07, 6.45) is 0. The minimum absolute atomic E-state index is 0.207. The summed E-state index contributed by atoms with van der Waals surface area (Å²) in [5, 5.41) is 2.33. The van der Waals surface area contributed by atoms with Crippen LogP contribution in [-0.4, -0.2) is 0 Å². The Hall–Kier alpha value is -4.10. The smallest absolute Gasteiger partial charge is 0.143 e. The highest BCUT2D eigenvalue weighted by atomic mass is 16.3. The van der Waals surface area contributed by atoms with Crippen LogP contribution in [0.4, 0.5) is 0 Å². The zero-order valence-electron chi connectivity index (χ0n) is 17.5. The Kier molecular flexibility index (Phi) is 3.68. The Labute approximate surface area is 186 Å². The van der Waals surface area contributed by atoms with Crippen molar-refractivity contribution in [2.45, 2.75) is 5.92 Å². The second-order valence-electron chi connectivity index (χ2n) is 8.48. The molecule has 0 amide bonds. The average molecular weight is 409 g/mol. The summed E-state index contributed by atoms with van der Waals surface area (Å²) in [6.45, 7) is 0. The van der Waals surface area contributed by atoms with Crippen LogP contribution >= 0.6 is 0 Å². The van der Waals surface area contributed by atoms with Crippen molar-refractivity contribution in [3.8, 4) is 22.3 Å². The summed E-state index contributed by atoms with van der Waals surface area (Å²) in [5.74, 6) is 0.207. The first-order valence-electron chi connectivity index (χ1n) is 11.1. The molecule has 1 aliphatic carbocycles. The van der Waals surface area contributed by atoms with Gasteiger partial charge in [-0.2, -0.15) is 0 Å². The van der Waals surface area contributed by atoms with Gasteiger partial charge in [0.1, 0.15) is 11.2 Å². The van der Waals surface area contributed by atoms with Gasteiger partial charge in [-0.25, -0.2) is 0 Å². The van der Waals surface area contributed by atoms with Gasteiger partial charge in [0.2, 0.25) is 0 Å². The molecule has 0 fully saturated rings. The molecule has 1 nitrogen and oxygen atoms in total. The summed E-state index contributed by atoms with van der Waals surface area (Å²) in [5.41, 5.74) is 11.0. The molecule has 7 rings (SSSR count). The summed E-state index contributed by atoms with van der Waals surface area (Å²) in [4.78, 5) is 0. The van der Waals surface area contributed by atoms with Gasteiger partial charge in [-0.05, 0) is 39.4 Å². The van der Waals surface area contributed by atoms with Crippen LogP contribution in [0.15, 0.2) is 120 Å². The number of benzene rings is 5. The molecule has 1 aromatic heterocycles. The van der Waals surface area contributed by atoms with Crippen LogP contribution in [0.2, 0.25) is 0 Å². The normalized spacial score (nSPS) is 12.9. The molecule has 0 bridgehead atoms. The first-order chi connectivity index (χ1) is 15.9. The molecule has 0 saturated carbocycles. The molecule has 1 heterocycles. The molecule has 0 atom stereocenters. The lowest BCUT2D eigenvalue weighted by atomic mass is 9.84. The SMILES string of the molecule is c1ccc2c(c1)-c1ccccc1C2c1ccccc1-c1cccc2c1oc1ccccc12. The van der Waals surface area contributed by atoms with Crippen molar-refractivity contribution in [1.82, 2.24) is 0 Å². The second kappa shape index (κ2) is 6.70. The van der Waals surface area contributed by atoms with Crippen molar-refractivity contribution in [1.29, 1.82) is 0 Å². The zero-order chi connectivity index (χ0) is 21.1. The Morgan fingerprint density at radius 3 is 1.53 bits per heavy atom. The molecule has 6 aromatic rings. The number of fused-ring (bicyclic) bond motifs is 6. The Morgan fingerprint density at radius 1 is 0.406 bits per heavy atom. The molecule has 0 radical (unpaired) electrons. The van der Waals surface area contributed by atoms with Crippen molar-refractivity contribution in [2.24, 2.45) is 0 Å². The summed E-state index contributed by atoms with van der Waals surface area (Å²) < 4.78 is 6.39. The standard InChI is InChI=1S/C31H20O/c1-4-14-24-20(10-1)21-11-2-5-15-25(21)30(24)26-16-6-3-12-22(26)27-17-9-18-28-23-13-7-8-19-29(23)32-31(27)28/h1-19,30H. The fourth-order valence-electron chi connectivity index (χ4n) is 5.44. The predicted octanol–water partition coefficient (Wildman–Crippen LogP) is 8.41. The monoisotopic (exact) mass is 408 g/mol. The first kappa shape index (κ1) is 17.6. The van der Waals surface area contributed by atoms with Crippen LogP contribution in [0.3, 0.4) is 0 Å². The van der Waals surface area contributed by atoms with Crippen LogP contribution in [0.25, 0.3) is 44.2 Å². The van der Waals surface area contributed by atoms with E-state index in [1.54, 1.807) is 0 Å². The van der Waals surface area contributed by atoms with Crippen LogP contribution in [0.5, 0.6) is 0 Å². The van der Waals surface area contributed by atoms with Crippen molar-refractivity contribution in [3.05, 3.63) is 132 Å². The summed E-state index contributed by atoms with van der Waals surface area (Å²) >= 11 is 0. The third kappa shape index (κ3) is 2.39. The molecule has 0 saturated heterocycles. The van der Waals surface area contributed by atoms with E-state index in [4.69, 9.17) is 4.42 Å². The van der Waals surface area contributed by atoms with E-state index in [2.05, 4.69) is 109 Å². The van der Waals surface area contributed by atoms with Gasteiger partial charge in [0.15, 0.2) is 0 Å². The first-order valence-corrected chi connectivity index (χ1v) is 11.1. The highest BCUT2D eigenvalue weighted by molar-refractivity contribution is 6.09. The van der Waals surface area contributed by atoms with E-state index in [0.717, 1.165) is 16.7 Å². The average Bonchev–Trinajstić information content (AvgIpc) is 3.40. The van der Waals surface area contributed by atoms with Gasteiger partial charge in [0, 0.05) is 22.3 Å². The maximum atomic E-state index is 6.39. The molecule has 0 spiro atoms. The topological polar surface area (TPSA) is 13.1 Å². The van der Waals surface area contributed by atoms with Crippen LogP contribution < -0.4 is 0 Å². The van der Waals surface area contributed by atoms with E-state index in [-0.39, 0.29) is 5.92 Å². The van der Waals surface area contributed by atoms with Crippen LogP contribution in [0.1, 0.15) is 22.6 Å². The third-order valence-corrected chi connectivity index (χ3v) is 6.80. The molecule has 150 valence electrons. The molecular weight excluding hydrogens is 388 g/mol. The Morgan fingerprint density at radius 2 is 0.875 bits per heavy atom. The maximum absolute atomic E-state index is 6.39. The molecule has 0 unspecified atom stereocenters. The van der Waals surface area contributed by atoms with E-state index in [1.165, 1.54) is 44.2 Å². The van der Waals surface area contributed by atoms with Gasteiger partial charge in [-0.15, -0.1) is 0 Å². The van der Waals surface area contributed by atoms with Crippen molar-refractivity contribution in [3.63, 3.8) is 0 Å². The summed E-state index contributed by atoms with van der Waals surface area (Å²) in [7, 11) is 0. The van der Waals surface area contributed by atoms with Crippen LogP contribution in [-0.2, 0) is 0 Å². The van der Waals surface area contributed by atoms with Gasteiger partial charge in [-0.3, -0.25) is 0 Å². The maximum Gasteiger partial charge on any atom is 0.143 e. The number of hydrogen-bond acceptors (Lipinski definition) is 1. The third-order valence-electron chi connectivity index (χ3n) is 6.80. The number of hydrogen-bond donors (Lipinski definition) is 0. The second-order valence-corrected chi connectivity index (χ2v) is 8.48. The van der Waals surface area contributed by atoms with Crippen LogP contribution in [0, 0.1) is 0 Å². The number of furan rings is 1. The minimum atomic E-state index is 0.207. The largest absolute Gasteiger partial charge is 0.455 e. The quantitative estimate of drug-likeness (QED) is 0.280. The van der Waals surface area contributed by atoms with Crippen molar-refractivity contribution >= 4 is 21.9 Å². The number of rotatable bonds is 2. The van der Waals surface area contributed by atoms with Gasteiger partial charge >= 0.3 is 0 Å². The highest BCUT2D eigenvalue weighted by Crippen LogP contribution is 2.50. The molecule has 32 heavy (non-hydrogen) atoms. The molecule has 1 aliphatic rings. The fourth-order valence-corrected chi connectivity index (χ4v) is 5.44. The lowest BCUT2D eigenvalue weighted by molar-refractivity contribution is 0.670. The van der Waals surface area contributed by atoms with Gasteiger partial charge in [0.25, 0.3) is 0 Å². The zero-order valence-corrected chi connectivity index (χ0v) is 17.5. The Bertz CT molecular complexity index is 1590.